The second-order valence-corrected chi connectivity index (χ2v) is 13.8. The second kappa shape index (κ2) is 10.8. The quantitative estimate of drug-likeness (QED) is 0.324. The van der Waals surface area contributed by atoms with Crippen LogP contribution in [0.1, 0.15) is 92.4 Å². The highest BCUT2D eigenvalue weighted by Gasteiger charge is 2.46. The lowest BCUT2D eigenvalue weighted by atomic mass is 9.57. The van der Waals surface area contributed by atoms with E-state index in [1.165, 1.54) is 25.7 Å². The Hall–Kier alpha value is -3.77. The van der Waals surface area contributed by atoms with Gasteiger partial charge in [-0.1, -0.05) is 45.7 Å². The zero-order chi connectivity index (χ0) is 29.5. The number of carbonyl (C=O) groups excluding carboxylic acids is 1. The summed E-state index contributed by atoms with van der Waals surface area (Å²) in [5.41, 5.74) is 5.34. The molecule has 220 valence electrons. The van der Waals surface area contributed by atoms with Crippen LogP contribution in [0.2, 0.25) is 0 Å². The largest absolute Gasteiger partial charge is 0.382 e. The summed E-state index contributed by atoms with van der Waals surface area (Å²) in [6.07, 6.45) is 9.08. The molecule has 1 amide bonds. The fraction of sp³-hybridized carbons (Fsp3) is 0.545. The lowest BCUT2D eigenvalue weighted by molar-refractivity contribution is 0.102. The van der Waals surface area contributed by atoms with Crippen molar-refractivity contribution in [2.45, 2.75) is 83.1 Å². The molecule has 1 aliphatic heterocycles. The maximum absolute atomic E-state index is 13.7. The average Bonchev–Trinajstić information content (AvgIpc) is 3.64. The topological polar surface area (TPSA) is 121 Å². The monoisotopic (exact) mass is 566 g/mol. The van der Waals surface area contributed by atoms with E-state index in [4.69, 9.17) is 4.98 Å². The Balaban J connectivity index is 1.23. The third-order valence-corrected chi connectivity index (χ3v) is 9.85. The van der Waals surface area contributed by atoms with E-state index in [0.717, 1.165) is 60.0 Å². The Bertz CT molecular complexity index is 1520. The number of pyridine rings is 1. The van der Waals surface area contributed by atoms with Crippen molar-refractivity contribution in [2.75, 3.05) is 23.7 Å². The lowest BCUT2D eigenvalue weighted by Gasteiger charge is -2.45. The van der Waals surface area contributed by atoms with Gasteiger partial charge < -0.3 is 20.5 Å². The van der Waals surface area contributed by atoms with E-state index in [2.05, 4.69) is 59.1 Å². The van der Waals surface area contributed by atoms with Gasteiger partial charge >= 0.3 is 0 Å². The predicted molar refractivity (Wildman–Crippen MR) is 163 cm³/mol. The number of nitriles is 1. The SMILES string of the molecule is Cn1cnnc1C[C@]1(c2cccc(NC(=O)c3cc(CNCC4(C)CCCC4)c4c(n3)C(C)(C)CN4)c2)C[C@H](C#N)C1. The summed E-state index contributed by atoms with van der Waals surface area (Å²) in [5, 5.41) is 28.3. The van der Waals surface area contributed by atoms with Crippen LogP contribution in [0.5, 0.6) is 0 Å². The van der Waals surface area contributed by atoms with Gasteiger partial charge in [0.25, 0.3) is 5.91 Å². The van der Waals surface area contributed by atoms with Crippen LogP contribution in [0.4, 0.5) is 11.4 Å². The molecule has 2 aliphatic carbocycles. The number of hydrogen-bond acceptors (Lipinski definition) is 7. The number of rotatable bonds is 9. The Morgan fingerprint density at radius 2 is 1.98 bits per heavy atom. The number of hydrogen-bond donors (Lipinski definition) is 3. The zero-order valence-corrected chi connectivity index (χ0v) is 25.3. The lowest BCUT2D eigenvalue weighted by Crippen LogP contribution is -2.43. The van der Waals surface area contributed by atoms with E-state index in [1.807, 2.05) is 35.9 Å². The molecule has 2 saturated carbocycles. The summed E-state index contributed by atoms with van der Waals surface area (Å²) in [5.74, 6) is 0.697. The minimum absolute atomic E-state index is 0.0207. The zero-order valence-electron chi connectivity index (χ0n) is 25.3. The first-order chi connectivity index (χ1) is 20.1. The molecule has 42 heavy (non-hydrogen) atoms. The molecule has 6 rings (SSSR count). The maximum atomic E-state index is 13.7. The molecule has 1 aromatic carbocycles. The predicted octanol–water partition coefficient (Wildman–Crippen LogP) is 5.25. The number of nitrogens with zero attached hydrogens (tertiary/aromatic N) is 5. The van der Waals surface area contributed by atoms with Crippen LogP contribution in [-0.2, 0) is 30.8 Å². The van der Waals surface area contributed by atoms with Crippen molar-refractivity contribution in [3.05, 3.63) is 65.0 Å². The van der Waals surface area contributed by atoms with Crippen molar-refractivity contribution in [1.82, 2.24) is 25.1 Å². The van der Waals surface area contributed by atoms with Crippen molar-refractivity contribution in [3.8, 4) is 6.07 Å². The van der Waals surface area contributed by atoms with Gasteiger partial charge in [-0.05, 0) is 60.4 Å². The molecule has 0 unspecified atom stereocenters. The van der Waals surface area contributed by atoms with Crippen molar-refractivity contribution >= 4 is 17.3 Å². The number of amides is 1. The first kappa shape index (κ1) is 28.4. The molecule has 0 bridgehead atoms. The van der Waals surface area contributed by atoms with Crippen molar-refractivity contribution in [3.63, 3.8) is 0 Å². The van der Waals surface area contributed by atoms with Gasteiger partial charge in [-0.3, -0.25) is 4.79 Å². The van der Waals surface area contributed by atoms with E-state index in [-0.39, 0.29) is 22.7 Å². The third kappa shape index (κ3) is 5.40. The molecule has 0 spiro atoms. The van der Waals surface area contributed by atoms with Gasteiger partial charge in [0, 0.05) is 55.5 Å². The number of benzene rings is 1. The first-order valence-electron chi connectivity index (χ1n) is 15.2. The molecule has 3 heterocycles. The molecule has 0 atom stereocenters. The van der Waals surface area contributed by atoms with Crippen LogP contribution in [0.3, 0.4) is 0 Å². The Labute approximate surface area is 248 Å². The van der Waals surface area contributed by atoms with Crippen LogP contribution >= 0.6 is 0 Å². The van der Waals surface area contributed by atoms with E-state index in [0.29, 0.717) is 24.1 Å². The highest BCUT2D eigenvalue weighted by atomic mass is 16.1. The van der Waals surface area contributed by atoms with Crippen LogP contribution in [0, 0.1) is 22.7 Å². The molecule has 0 saturated heterocycles. The number of carbonyl (C=O) groups is 1. The van der Waals surface area contributed by atoms with E-state index in [9.17, 15) is 10.1 Å². The molecular weight excluding hydrogens is 524 g/mol. The number of fused-ring (bicyclic) bond motifs is 1. The summed E-state index contributed by atoms with van der Waals surface area (Å²) >= 11 is 0. The molecule has 3 aromatic rings. The fourth-order valence-corrected chi connectivity index (χ4v) is 7.19. The van der Waals surface area contributed by atoms with Crippen LogP contribution in [0.15, 0.2) is 36.7 Å². The Kier molecular flexibility index (Phi) is 7.30. The van der Waals surface area contributed by atoms with Crippen molar-refractivity contribution < 1.29 is 4.79 Å². The summed E-state index contributed by atoms with van der Waals surface area (Å²) in [6, 6.07) is 12.4. The minimum Gasteiger partial charge on any atom is -0.382 e. The van der Waals surface area contributed by atoms with Gasteiger partial charge in [-0.15, -0.1) is 10.2 Å². The normalized spacial score (nSPS) is 23.5. The average molecular weight is 567 g/mol. The molecule has 3 aliphatic rings. The fourth-order valence-electron chi connectivity index (χ4n) is 7.19. The standard InChI is InChI=1S/C33H42N8O/c1-31(2)19-36-28-23(18-35-20-32(3)10-5-6-11-32)12-26(39-29(28)31)30(42)38-25-9-7-8-24(13-25)33(14-22(15-33)17-34)16-27-40-37-21-41(27)4/h7-9,12-13,21-22,35-36H,5-6,10-11,14-16,18-20H2,1-4H3,(H,38,42)/t22-,33-. The van der Waals surface area contributed by atoms with Crippen LogP contribution in [-0.4, -0.2) is 38.7 Å². The van der Waals surface area contributed by atoms with Crippen LogP contribution < -0.4 is 16.0 Å². The molecule has 9 heteroatoms. The van der Waals surface area contributed by atoms with Gasteiger partial charge in [-0.25, -0.2) is 4.98 Å². The van der Waals surface area contributed by atoms with E-state index >= 15 is 0 Å². The molecule has 9 nitrogen and oxygen atoms in total. The summed E-state index contributed by atoms with van der Waals surface area (Å²) in [4.78, 5) is 18.6. The van der Waals surface area contributed by atoms with Crippen LogP contribution in [0.25, 0.3) is 0 Å². The number of aryl methyl sites for hydroxylation is 1. The first-order valence-corrected chi connectivity index (χ1v) is 15.2. The highest BCUT2D eigenvalue weighted by Crippen LogP contribution is 2.50. The number of aromatic nitrogens is 4. The molecule has 3 N–H and O–H groups in total. The summed E-state index contributed by atoms with van der Waals surface area (Å²) < 4.78 is 1.93. The van der Waals surface area contributed by atoms with Gasteiger partial charge in [0.05, 0.1) is 17.5 Å². The van der Waals surface area contributed by atoms with Gasteiger partial charge in [0.1, 0.15) is 17.8 Å². The van der Waals surface area contributed by atoms with E-state index < -0.39 is 0 Å². The smallest absolute Gasteiger partial charge is 0.274 e. The summed E-state index contributed by atoms with van der Waals surface area (Å²) in [7, 11) is 1.94. The number of anilines is 2. The van der Waals surface area contributed by atoms with Crippen molar-refractivity contribution in [1.29, 1.82) is 5.26 Å². The number of nitrogens with one attached hydrogen (secondary N) is 3. The molecule has 2 aromatic heterocycles. The third-order valence-electron chi connectivity index (χ3n) is 9.85. The van der Waals surface area contributed by atoms with E-state index in [1.54, 1.807) is 6.33 Å². The van der Waals surface area contributed by atoms with Gasteiger partial charge in [-0.2, -0.15) is 5.26 Å². The Morgan fingerprint density at radius 1 is 1.19 bits per heavy atom. The highest BCUT2D eigenvalue weighted by molar-refractivity contribution is 6.03. The summed E-state index contributed by atoms with van der Waals surface area (Å²) in [6.45, 7) is 9.19. The molecular formula is C33H42N8O. The van der Waals surface area contributed by atoms with Crippen molar-refractivity contribution in [2.24, 2.45) is 18.4 Å². The molecule has 2 fully saturated rings. The minimum atomic E-state index is -0.215. The van der Waals surface area contributed by atoms with Gasteiger partial charge in [0.15, 0.2) is 0 Å². The second-order valence-electron chi connectivity index (χ2n) is 13.8. The van der Waals surface area contributed by atoms with Gasteiger partial charge in [0.2, 0.25) is 0 Å². The molecule has 0 radical (unpaired) electrons. The Morgan fingerprint density at radius 3 is 2.69 bits per heavy atom. The maximum Gasteiger partial charge on any atom is 0.274 e.